The van der Waals surface area contributed by atoms with Gasteiger partial charge in [-0.25, -0.2) is 0 Å². The molecule has 4 heteroatoms. The highest BCUT2D eigenvalue weighted by Gasteiger charge is 2.15. The summed E-state index contributed by atoms with van der Waals surface area (Å²) in [5.74, 6) is 0.535. The van der Waals surface area contributed by atoms with Crippen LogP contribution in [0.4, 0.5) is 5.69 Å². The number of anilines is 1. The van der Waals surface area contributed by atoms with Crippen LogP contribution in [-0.4, -0.2) is 19.8 Å². The Morgan fingerprint density at radius 3 is 3.06 bits per heavy atom. The SMILES string of the molecule is Nc1ccc(COCC2CCOC2)c(Cl)c1. The minimum atomic E-state index is 0.535. The van der Waals surface area contributed by atoms with Gasteiger partial charge in [0.25, 0.3) is 0 Å². The smallest absolute Gasteiger partial charge is 0.0731 e. The summed E-state index contributed by atoms with van der Waals surface area (Å²) in [5.41, 5.74) is 7.27. The van der Waals surface area contributed by atoms with E-state index in [0.717, 1.165) is 31.8 Å². The molecular formula is C12H16ClNO2. The highest BCUT2D eigenvalue weighted by Crippen LogP contribution is 2.20. The van der Waals surface area contributed by atoms with Crippen molar-refractivity contribution in [1.82, 2.24) is 0 Å². The molecule has 0 spiro atoms. The number of nitrogens with two attached hydrogens (primary N) is 1. The maximum absolute atomic E-state index is 6.04. The van der Waals surface area contributed by atoms with Gasteiger partial charge >= 0.3 is 0 Å². The summed E-state index contributed by atoms with van der Waals surface area (Å²) < 4.78 is 10.9. The van der Waals surface area contributed by atoms with Gasteiger partial charge in [-0.2, -0.15) is 0 Å². The van der Waals surface area contributed by atoms with Crippen LogP contribution in [0.1, 0.15) is 12.0 Å². The Hall–Kier alpha value is -0.770. The van der Waals surface area contributed by atoms with Gasteiger partial charge in [-0.1, -0.05) is 17.7 Å². The average molecular weight is 242 g/mol. The van der Waals surface area contributed by atoms with Crippen LogP contribution in [0.3, 0.4) is 0 Å². The second kappa shape index (κ2) is 5.53. The van der Waals surface area contributed by atoms with E-state index in [1.54, 1.807) is 6.07 Å². The molecule has 1 aromatic rings. The number of rotatable bonds is 4. The van der Waals surface area contributed by atoms with Crippen molar-refractivity contribution in [3.8, 4) is 0 Å². The third-order valence-electron chi connectivity index (χ3n) is 2.71. The lowest BCUT2D eigenvalue weighted by Gasteiger charge is -2.10. The standard InChI is InChI=1S/C12H16ClNO2/c13-12-5-11(14)2-1-10(12)8-16-7-9-3-4-15-6-9/h1-2,5,9H,3-4,6-8,14H2. The Kier molecular flexibility index (Phi) is 4.04. The topological polar surface area (TPSA) is 44.5 Å². The van der Waals surface area contributed by atoms with E-state index >= 15 is 0 Å². The number of halogens is 1. The van der Waals surface area contributed by atoms with Crippen LogP contribution in [0.2, 0.25) is 5.02 Å². The number of benzene rings is 1. The van der Waals surface area contributed by atoms with Crippen LogP contribution in [-0.2, 0) is 16.1 Å². The first-order valence-electron chi connectivity index (χ1n) is 5.45. The zero-order valence-corrected chi connectivity index (χ0v) is 9.87. The monoisotopic (exact) mass is 241 g/mol. The lowest BCUT2D eigenvalue weighted by molar-refractivity contribution is 0.0792. The highest BCUT2D eigenvalue weighted by atomic mass is 35.5. The fourth-order valence-corrected chi connectivity index (χ4v) is 1.97. The number of hydrogen-bond donors (Lipinski definition) is 1. The molecule has 0 bridgehead atoms. The van der Waals surface area contributed by atoms with E-state index < -0.39 is 0 Å². The van der Waals surface area contributed by atoms with Crippen LogP contribution in [0.15, 0.2) is 18.2 Å². The van der Waals surface area contributed by atoms with Gasteiger partial charge in [0.05, 0.1) is 19.8 Å². The molecule has 1 heterocycles. The fourth-order valence-electron chi connectivity index (χ4n) is 1.73. The van der Waals surface area contributed by atoms with Crippen molar-refractivity contribution in [2.75, 3.05) is 25.6 Å². The zero-order chi connectivity index (χ0) is 11.4. The minimum absolute atomic E-state index is 0.535. The quantitative estimate of drug-likeness (QED) is 0.824. The molecule has 1 aromatic carbocycles. The van der Waals surface area contributed by atoms with Gasteiger partial charge in [0, 0.05) is 23.2 Å². The van der Waals surface area contributed by atoms with E-state index in [0.29, 0.717) is 23.2 Å². The van der Waals surface area contributed by atoms with Crippen molar-refractivity contribution in [1.29, 1.82) is 0 Å². The molecule has 1 atom stereocenters. The molecule has 0 radical (unpaired) electrons. The summed E-state index contributed by atoms with van der Waals surface area (Å²) in [6, 6.07) is 5.49. The van der Waals surface area contributed by atoms with E-state index in [1.807, 2.05) is 12.1 Å². The van der Waals surface area contributed by atoms with Gasteiger partial charge in [-0.3, -0.25) is 0 Å². The zero-order valence-electron chi connectivity index (χ0n) is 9.12. The molecule has 2 N–H and O–H groups in total. The second-order valence-corrected chi connectivity index (χ2v) is 4.50. The summed E-state index contributed by atoms with van der Waals surface area (Å²) >= 11 is 6.04. The molecule has 0 saturated carbocycles. The van der Waals surface area contributed by atoms with Crippen LogP contribution >= 0.6 is 11.6 Å². The van der Waals surface area contributed by atoms with Gasteiger partial charge < -0.3 is 15.2 Å². The van der Waals surface area contributed by atoms with Crippen LogP contribution in [0, 0.1) is 5.92 Å². The van der Waals surface area contributed by atoms with Crippen molar-refractivity contribution < 1.29 is 9.47 Å². The van der Waals surface area contributed by atoms with E-state index in [2.05, 4.69) is 0 Å². The Morgan fingerprint density at radius 2 is 2.38 bits per heavy atom. The first kappa shape index (κ1) is 11.7. The van der Waals surface area contributed by atoms with Crippen molar-refractivity contribution in [3.63, 3.8) is 0 Å². The molecular weight excluding hydrogens is 226 g/mol. The van der Waals surface area contributed by atoms with Crippen molar-refractivity contribution in [2.24, 2.45) is 5.92 Å². The maximum atomic E-state index is 6.04. The molecule has 1 aliphatic rings. The summed E-state index contributed by atoms with van der Waals surface area (Å²) in [6.07, 6.45) is 1.09. The molecule has 0 aromatic heterocycles. The van der Waals surface area contributed by atoms with Crippen LogP contribution < -0.4 is 5.73 Å². The molecule has 3 nitrogen and oxygen atoms in total. The van der Waals surface area contributed by atoms with Gasteiger partial charge in [-0.15, -0.1) is 0 Å². The normalized spacial score (nSPS) is 20.2. The van der Waals surface area contributed by atoms with E-state index in [9.17, 15) is 0 Å². The van der Waals surface area contributed by atoms with Gasteiger partial charge in [0.1, 0.15) is 0 Å². The largest absolute Gasteiger partial charge is 0.399 e. The summed E-state index contributed by atoms with van der Waals surface area (Å²) in [7, 11) is 0. The van der Waals surface area contributed by atoms with Gasteiger partial charge in [0.2, 0.25) is 0 Å². The molecule has 1 saturated heterocycles. The Bertz CT molecular complexity index is 351. The molecule has 0 amide bonds. The Balaban J connectivity index is 1.80. The Labute approximate surface area is 100 Å². The summed E-state index contributed by atoms with van der Waals surface area (Å²) in [4.78, 5) is 0. The molecule has 0 aliphatic carbocycles. The molecule has 1 aliphatic heterocycles. The predicted octanol–water partition coefficient (Wildman–Crippen LogP) is 2.48. The van der Waals surface area contributed by atoms with Crippen LogP contribution in [0.5, 0.6) is 0 Å². The maximum Gasteiger partial charge on any atom is 0.0731 e. The average Bonchev–Trinajstić information content (AvgIpc) is 2.74. The van der Waals surface area contributed by atoms with Gasteiger partial charge in [0.15, 0.2) is 0 Å². The third-order valence-corrected chi connectivity index (χ3v) is 3.06. The van der Waals surface area contributed by atoms with Crippen molar-refractivity contribution >= 4 is 17.3 Å². The lowest BCUT2D eigenvalue weighted by Crippen LogP contribution is -2.09. The van der Waals surface area contributed by atoms with E-state index in [1.165, 1.54) is 0 Å². The fraction of sp³-hybridized carbons (Fsp3) is 0.500. The number of ether oxygens (including phenoxy) is 2. The minimum Gasteiger partial charge on any atom is -0.399 e. The number of hydrogen-bond acceptors (Lipinski definition) is 3. The third kappa shape index (κ3) is 3.11. The van der Waals surface area contributed by atoms with E-state index in [-0.39, 0.29) is 0 Å². The molecule has 1 unspecified atom stereocenters. The predicted molar refractivity (Wildman–Crippen MR) is 64.4 cm³/mol. The summed E-state index contributed by atoms with van der Waals surface area (Å²) in [5, 5.41) is 0.669. The van der Waals surface area contributed by atoms with Gasteiger partial charge in [-0.05, 0) is 24.1 Å². The lowest BCUT2D eigenvalue weighted by atomic mass is 10.1. The first-order valence-corrected chi connectivity index (χ1v) is 5.83. The summed E-state index contributed by atoms with van der Waals surface area (Å²) in [6.45, 7) is 2.95. The number of nitrogen functional groups attached to an aromatic ring is 1. The second-order valence-electron chi connectivity index (χ2n) is 4.10. The molecule has 1 fully saturated rings. The van der Waals surface area contributed by atoms with Crippen molar-refractivity contribution in [2.45, 2.75) is 13.0 Å². The van der Waals surface area contributed by atoms with Crippen molar-refractivity contribution in [3.05, 3.63) is 28.8 Å². The Morgan fingerprint density at radius 1 is 1.50 bits per heavy atom. The van der Waals surface area contributed by atoms with Crippen LogP contribution in [0.25, 0.3) is 0 Å². The van der Waals surface area contributed by atoms with E-state index in [4.69, 9.17) is 26.8 Å². The molecule has 88 valence electrons. The highest BCUT2D eigenvalue weighted by molar-refractivity contribution is 6.31. The molecule has 16 heavy (non-hydrogen) atoms. The first-order chi connectivity index (χ1) is 7.75. The molecule has 2 rings (SSSR count).